The van der Waals surface area contributed by atoms with Gasteiger partial charge in [0.25, 0.3) is 0 Å². The number of benzene rings is 2. The van der Waals surface area contributed by atoms with Crippen LogP contribution in [0.4, 0.5) is 0 Å². The second-order valence-corrected chi connectivity index (χ2v) is 9.21. The van der Waals surface area contributed by atoms with Crippen molar-refractivity contribution in [2.24, 2.45) is 5.14 Å². The van der Waals surface area contributed by atoms with Crippen LogP contribution in [0.5, 0.6) is 0 Å². The zero-order chi connectivity index (χ0) is 23.8. The van der Waals surface area contributed by atoms with E-state index in [1.807, 2.05) is 34.9 Å². The van der Waals surface area contributed by atoms with Crippen LogP contribution in [0.3, 0.4) is 0 Å². The number of nitrogens with zero attached hydrogens (tertiary/aromatic N) is 2. The molecule has 0 aliphatic rings. The molecule has 0 aliphatic carbocycles. The second kappa shape index (κ2) is 11.1. The standard InChI is InChI=1S/C23H28N4O5S/c1-2-3-13-27-20-10-9-18(33(24,30)31)15-19(20)26-21(27)16-32-23(29)11-12-25-22(28)14-17-7-5-4-6-8-17/h4-10,15H,2-3,11-14,16H2,1H3,(H,25,28)(H2,24,30,31). The number of primary sulfonamides is 1. The van der Waals surface area contributed by atoms with Gasteiger partial charge in [0.15, 0.2) is 0 Å². The number of amides is 1. The molecule has 176 valence electrons. The minimum absolute atomic E-state index is 0.0232. The van der Waals surface area contributed by atoms with Crippen molar-refractivity contribution < 1.29 is 22.7 Å². The van der Waals surface area contributed by atoms with Gasteiger partial charge in [0.1, 0.15) is 12.4 Å². The average molecular weight is 473 g/mol. The van der Waals surface area contributed by atoms with Gasteiger partial charge < -0.3 is 14.6 Å². The molecule has 0 saturated heterocycles. The molecule has 9 nitrogen and oxygen atoms in total. The molecule has 0 bridgehead atoms. The van der Waals surface area contributed by atoms with E-state index >= 15 is 0 Å². The molecule has 0 spiro atoms. The van der Waals surface area contributed by atoms with Gasteiger partial charge in [-0.05, 0) is 30.2 Å². The van der Waals surface area contributed by atoms with Crippen molar-refractivity contribution in [3.8, 4) is 0 Å². The average Bonchev–Trinajstić information content (AvgIpc) is 3.13. The first-order valence-corrected chi connectivity index (χ1v) is 12.3. The van der Waals surface area contributed by atoms with Crippen molar-refractivity contribution in [1.29, 1.82) is 0 Å². The Bertz CT molecular complexity index is 1220. The number of aryl methyl sites for hydroxylation is 1. The number of nitrogens with one attached hydrogen (secondary N) is 1. The van der Waals surface area contributed by atoms with Crippen molar-refractivity contribution in [3.63, 3.8) is 0 Å². The minimum Gasteiger partial charge on any atom is -0.457 e. The first-order chi connectivity index (χ1) is 15.8. The second-order valence-electron chi connectivity index (χ2n) is 7.65. The van der Waals surface area contributed by atoms with Gasteiger partial charge in [0, 0.05) is 13.1 Å². The van der Waals surface area contributed by atoms with Gasteiger partial charge >= 0.3 is 5.97 Å². The Balaban J connectivity index is 1.58. The summed E-state index contributed by atoms with van der Waals surface area (Å²) in [5, 5.41) is 7.93. The normalized spacial score (nSPS) is 11.5. The number of fused-ring (bicyclic) bond motifs is 1. The van der Waals surface area contributed by atoms with E-state index in [1.165, 1.54) is 12.1 Å². The molecule has 0 aliphatic heterocycles. The molecule has 33 heavy (non-hydrogen) atoms. The SMILES string of the molecule is CCCCn1c(COC(=O)CCNC(=O)Cc2ccccc2)nc2cc(S(N)(=O)=O)ccc21. The number of carbonyl (C=O) groups excluding carboxylic acids is 2. The van der Waals surface area contributed by atoms with Gasteiger partial charge in [-0.25, -0.2) is 18.5 Å². The summed E-state index contributed by atoms with van der Waals surface area (Å²) in [4.78, 5) is 28.6. The van der Waals surface area contributed by atoms with Crippen molar-refractivity contribution in [2.45, 2.75) is 50.7 Å². The quantitative estimate of drug-likeness (QED) is 0.411. The monoisotopic (exact) mass is 472 g/mol. The summed E-state index contributed by atoms with van der Waals surface area (Å²) in [7, 11) is -3.85. The van der Waals surface area contributed by atoms with Crippen molar-refractivity contribution in [2.75, 3.05) is 6.54 Å². The fourth-order valence-electron chi connectivity index (χ4n) is 3.38. The van der Waals surface area contributed by atoms with Crippen LogP contribution in [-0.2, 0) is 43.9 Å². The summed E-state index contributed by atoms with van der Waals surface area (Å²) in [6.45, 7) is 2.84. The molecule has 3 N–H and O–H groups in total. The summed E-state index contributed by atoms with van der Waals surface area (Å²) in [5.74, 6) is -0.109. The molecule has 0 unspecified atom stereocenters. The number of hydrogen-bond donors (Lipinski definition) is 2. The van der Waals surface area contributed by atoms with Gasteiger partial charge in [0.2, 0.25) is 15.9 Å². The number of sulfonamides is 1. The highest BCUT2D eigenvalue weighted by molar-refractivity contribution is 7.89. The topological polar surface area (TPSA) is 133 Å². The van der Waals surface area contributed by atoms with Crippen LogP contribution < -0.4 is 10.5 Å². The molecule has 0 fully saturated rings. The molecule has 3 aromatic rings. The van der Waals surface area contributed by atoms with E-state index in [1.54, 1.807) is 6.07 Å². The Morgan fingerprint density at radius 2 is 1.91 bits per heavy atom. The number of esters is 1. The van der Waals surface area contributed by atoms with E-state index in [4.69, 9.17) is 9.88 Å². The highest BCUT2D eigenvalue weighted by Gasteiger charge is 2.16. The number of aromatic nitrogens is 2. The van der Waals surface area contributed by atoms with Gasteiger partial charge in [-0.3, -0.25) is 9.59 Å². The van der Waals surface area contributed by atoms with Crippen molar-refractivity contribution in [1.82, 2.24) is 14.9 Å². The Morgan fingerprint density at radius 3 is 2.61 bits per heavy atom. The third-order valence-corrected chi connectivity index (χ3v) is 5.99. The third kappa shape index (κ3) is 6.87. The first kappa shape index (κ1) is 24.4. The lowest BCUT2D eigenvalue weighted by molar-refractivity contribution is -0.145. The maximum atomic E-state index is 12.2. The molecule has 2 aromatic carbocycles. The number of carbonyl (C=O) groups is 2. The van der Waals surface area contributed by atoms with Crippen LogP contribution >= 0.6 is 0 Å². The fourth-order valence-corrected chi connectivity index (χ4v) is 3.91. The van der Waals surface area contributed by atoms with Gasteiger partial charge in [-0.1, -0.05) is 43.7 Å². The molecule has 1 heterocycles. The largest absolute Gasteiger partial charge is 0.457 e. The highest BCUT2D eigenvalue weighted by atomic mass is 32.2. The summed E-state index contributed by atoms with van der Waals surface area (Å²) < 4.78 is 30.6. The fraction of sp³-hybridized carbons (Fsp3) is 0.348. The molecule has 1 aromatic heterocycles. The summed E-state index contributed by atoms with van der Waals surface area (Å²) in [5.41, 5.74) is 2.11. The van der Waals surface area contributed by atoms with E-state index < -0.39 is 16.0 Å². The molecule has 0 saturated carbocycles. The third-order valence-electron chi connectivity index (χ3n) is 5.08. The van der Waals surface area contributed by atoms with Crippen molar-refractivity contribution in [3.05, 3.63) is 59.9 Å². The minimum atomic E-state index is -3.85. The van der Waals surface area contributed by atoms with Crippen LogP contribution in [0.2, 0.25) is 0 Å². The first-order valence-electron chi connectivity index (χ1n) is 10.8. The number of ether oxygens (including phenoxy) is 1. The number of hydrogen-bond acceptors (Lipinski definition) is 6. The van der Waals surface area contributed by atoms with E-state index in [-0.39, 0.29) is 36.8 Å². The molecule has 10 heteroatoms. The lowest BCUT2D eigenvalue weighted by Crippen LogP contribution is -2.28. The van der Waals surface area contributed by atoms with Crippen LogP contribution in [0.25, 0.3) is 11.0 Å². The molecule has 0 radical (unpaired) electrons. The summed E-state index contributed by atoms with van der Waals surface area (Å²) in [6.07, 6.45) is 2.12. The summed E-state index contributed by atoms with van der Waals surface area (Å²) >= 11 is 0. The maximum absolute atomic E-state index is 12.2. The van der Waals surface area contributed by atoms with Gasteiger partial charge in [-0.15, -0.1) is 0 Å². The molecular formula is C23H28N4O5S. The Morgan fingerprint density at radius 1 is 1.15 bits per heavy atom. The summed E-state index contributed by atoms with van der Waals surface area (Å²) in [6, 6.07) is 13.9. The van der Waals surface area contributed by atoms with E-state index in [0.717, 1.165) is 23.9 Å². The molecular weight excluding hydrogens is 444 g/mol. The van der Waals surface area contributed by atoms with E-state index in [2.05, 4.69) is 17.2 Å². The number of unbranched alkanes of at least 4 members (excludes halogenated alkanes) is 1. The molecule has 3 rings (SSSR count). The smallest absolute Gasteiger partial charge is 0.308 e. The van der Waals surface area contributed by atoms with Crippen LogP contribution in [0.15, 0.2) is 53.4 Å². The van der Waals surface area contributed by atoms with Gasteiger partial charge in [-0.2, -0.15) is 0 Å². The zero-order valence-electron chi connectivity index (χ0n) is 18.5. The zero-order valence-corrected chi connectivity index (χ0v) is 19.3. The predicted molar refractivity (Wildman–Crippen MR) is 124 cm³/mol. The van der Waals surface area contributed by atoms with Crippen molar-refractivity contribution >= 4 is 32.9 Å². The number of imidazole rings is 1. The molecule has 1 amide bonds. The number of rotatable bonds is 11. The Hall–Kier alpha value is -3.24. The number of nitrogens with two attached hydrogens (primary N) is 1. The van der Waals surface area contributed by atoms with Crippen LogP contribution in [0.1, 0.15) is 37.6 Å². The predicted octanol–water partition coefficient (Wildman–Crippen LogP) is 2.28. The lowest BCUT2D eigenvalue weighted by Gasteiger charge is -2.10. The maximum Gasteiger partial charge on any atom is 0.308 e. The molecule has 0 atom stereocenters. The van der Waals surface area contributed by atoms with Crippen LogP contribution in [0, 0.1) is 0 Å². The highest BCUT2D eigenvalue weighted by Crippen LogP contribution is 2.21. The lowest BCUT2D eigenvalue weighted by atomic mass is 10.1. The Kier molecular flexibility index (Phi) is 8.18. The van der Waals surface area contributed by atoms with E-state index in [9.17, 15) is 18.0 Å². The van der Waals surface area contributed by atoms with E-state index in [0.29, 0.717) is 17.9 Å². The van der Waals surface area contributed by atoms with Crippen LogP contribution in [-0.4, -0.2) is 36.4 Å². The Labute approximate surface area is 193 Å². The van der Waals surface area contributed by atoms with Gasteiger partial charge in [0.05, 0.1) is 28.8 Å².